The van der Waals surface area contributed by atoms with Gasteiger partial charge in [0.1, 0.15) is 0 Å². The van der Waals surface area contributed by atoms with E-state index < -0.39 is 0 Å². The Kier molecular flexibility index (Phi) is 3.66. The third kappa shape index (κ3) is 2.23. The van der Waals surface area contributed by atoms with Crippen LogP contribution in [0.4, 0.5) is 0 Å². The fraction of sp³-hybridized carbons (Fsp3) is 0.312. The largest absolute Gasteiger partial charge is 0.347 e. The van der Waals surface area contributed by atoms with Gasteiger partial charge in [0.2, 0.25) is 0 Å². The number of rotatable bonds is 5. The number of carbonyl (C=O) groups is 1. The van der Waals surface area contributed by atoms with E-state index in [4.69, 9.17) is 0 Å². The summed E-state index contributed by atoms with van der Waals surface area (Å²) in [5.74, 6) is 0.132. The summed E-state index contributed by atoms with van der Waals surface area (Å²) in [5.41, 5.74) is 3.23. The van der Waals surface area contributed by atoms with Crippen LogP contribution in [0, 0.1) is 6.92 Å². The lowest BCUT2D eigenvalue weighted by Crippen LogP contribution is -1.97. The van der Waals surface area contributed by atoms with Gasteiger partial charge in [-0.2, -0.15) is 0 Å². The van der Waals surface area contributed by atoms with Gasteiger partial charge in [0.15, 0.2) is 5.78 Å². The molecular formula is C16H19NO. The summed E-state index contributed by atoms with van der Waals surface area (Å²) < 4.78 is 2.20. The van der Waals surface area contributed by atoms with Crippen molar-refractivity contribution in [3.63, 3.8) is 0 Å². The van der Waals surface area contributed by atoms with Gasteiger partial charge in [-0.05, 0) is 32.3 Å². The highest BCUT2D eigenvalue weighted by atomic mass is 16.1. The van der Waals surface area contributed by atoms with Gasteiger partial charge < -0.3 is 4.57 Å². The molecule has 2 heteroatoms. The van der Waals surface area contributed by atoms with E-state index in [1.165, 1.54) is 11.1 Å². The quantitative estimate of drug-likeness (QED) is 0.438. The number of Topliss-reactive ketones (excluding diaryl/α,β-unsaturated/α-hetero) is 1. The van der Waals surface area contributed by atoms with E-state index in [1.807, 2.05) is 24.4 Å². The molecule has 1 aromatic carbocycles. The number of aryl methyl sites for hydroxylation is 2. The fourth-order valence-corrected chi connectivity index (χ4v) is 2.41. The minimum atomic E-state index is 0.132. The summed E-state index contributed by atoms with van der Waals surface area (Å²) in [6, 6.07) is 6.14. The van der Waals surface area contributed by atoms with Crippen LogP contribution in [-0.2, 0) is 6.54 Å². The molecule has 2 aromatic rings. The van der Waals surface area contributed by atoms with Crippen molar-refractivity contribution in [3.05, 3.63) is 48.2 Å². The predicted octanol–water partition coefficient (Wildman–Crippen LogP) is 4.12. The minimum absolute atomic E-state index is 0.132. The number of nitrogens with zero attached hydrogens (tertiary/aromatic N) is 1. The molecule has 94 valence electrons. The maximum absolute atomic E-state index is 11.7. The topological polar surface area (TPSA) is 22.0 Å². The zero-order chi connectivity index (χ0) is 13.1. The smallest absolute Gasteiger partial charge is 0.161 e. The van der Waals surface area contributed by atoms with Crippen LogP contribution < -0.4 is 0 Å². The molecule has 0 unspecified atom stereocenters. The molecule has 0 saturated carbocycles. The molecule has 0 saturated heterocycles. The Balaban J connectivity index is 2.51. The van der Waals surface area contributed by atoms with Crippen molar-refractivity contribution in [3.8, 4) is 0 Å². The summed E-state index contributed by atoms with van der Waals surface area (Å²) in [6.45, 7) is 8.40. The van der Waals surface area contributed by atoms with Crippen molar-refractivity contribution in [2.75, 3.05) is 0 Å². The van der Waals surface area contributed by atoms with Crippen LogP contribution in [0.3, 0.4) is 0 Å². The Bertz CT molecular complexity index is 592. The van der Waals surface area contributed by atoms with Crippen LogP contribution in [0.5, 0.6) is 0 Å². The second-order valence-corrected chi connectivity index (χ2v) is 4.69. The van der Waals surface area contributed by atoms with Crippen molar-refractivity contribution < 1.29 is 4.79 Å². The molecule has 0 bridgehead atoms. The number of aromatic nitrogens is 1. The molecule has 0 N–H and O–H groups in total. The molecule has 0 radical (unpaired) electrons. The molecule has 0 atom stereocenters. The van der Waals surface area contributed by atoms with Crippen molar-refractivity contribution in [2.45, 2.75) is 33.2 Å². The Morgan fingerprint density at radius 3 is 2.89 bits per heavy atom. The Morgan fingerprint density at radius 1 is 1.44 bits per heavy atom. The first-order valence-corrected chi connectivity index (χ1v) is 6.35. The van der Waals surface area contributed by atoms with Gasteiger partial charge in [0.25, 0.3) is 0 Å². The monoisotopic (exact) mass is 241 g/mol. The first-order chi connectivity index (χ1) is 8.65. The zero-order valence-electron chi connectivity index (χ0n) is 11.1. The molecule has 2 nitrogen and oxygen atoms in total. The number of para-hydroxylation sites is 1. The Labute approximate surface area is 108 Å². The lowest BCUT2D eigenvalue weighted by molar-refractivity contribution is 0.101. The van der Waals surface area contributed by atoms with Crippen LogP contribution in [0.15, 0.2) is 37.1 Å². The number of fused-ring (bicyclic) bond motifs is 1. The van der Waals surface area contributed by atoms with E-state index in [0.29, 0.717) is 0 Å². The van der Waals surface area contributed by atoms with Crippen molar-refractivity contribution in [1.29, 1.82) is 0 Å². The summed E-state index contributed by atoms with van der Waals surface area (Å²) >= 11 is 0. The molecule has 0 aliphatic rings. The number of hydrogen-bond donors (Lipinski definition) is 0. The summed E-state index contributed by atoms with van der Waals surface area (Å²) in [6.07, 6.45) is 5.98. The molecule has 0 aliphatic carbocycles. The Morgan fingerprint density at radius 2 is 2.22 bits per heavy atom. The van der Waals surface area contributed by atoms with Crippen molar-refractivity contribution in [1.82, 2.24) is 4.57 Å². The maximum Gasteiger partial charge on any atom is 0.161 e. The number of ketones is 1. The van der Waals surface area contributed by atoms with Gasteiger partial charge in [-0.15, -0.1) is 6.58 Å². The van der Waals surface area contributed by atoms with Crippen LogP contribution in [0.2, 0.25) is 0 Å². The number of carbonyl (C=O) groups excluding carboxylic acids is 1. The molecule has 18 heavy (non-hydrogen) atoms. The van der Waals surface area contributed by atoms with Crippen LogP contribution in [0.1, 0.15) is 35.7 Å². The number of hydrogen-bond acceptors (Lipinski definition) is 1. The van der Waals surface area contributed by atoms with Crippen LogP contribution in [0.25, 0.3) is 10.9 Å². The maximum atomic E-state index is 11.7. The Hall–Kier alpha value is -1.83. The molecule has 1 heterocycles. The number of benzene rings is 1. The summed E-state index contributed by atoms with van der Waals surface area (Å²) in [4.78, 5) is 11.7. The van der Waals surface area contributed by atoms with Crippen molar-refractivity contribution >= 4 is 16.7 Å². The normalized spacial score (nSPS) is 10.8. The average Bonchev–Trinajstić information content (AvgIpc) is 2.70. The first-order valence-electron chi connectivity index (χ1n) is 6.35. The zero-order valence-corrected chi connectivity index (χ0v) is 11.1. The number of allylic oxidation sites excluding steroid dienone is 1. The second-order valence-electron chi connectivity index (χ2n) is 4.69. The van der Waals surface area contributed by atoms with E-state index in [1.54, 1.807) is 6.92 Å². The van der Waals surface area contributed by atoms with Crippen LogP contribution in [-0.4, -0.2) is 10.4 Å². The molecule has 1 aromatic heterocycles. The highest BCUT2D eigenvalue weighted by molar-refractivity contribution is 6.07. The van der Waals surface area contributed by atoms with Gasteiger partial charge in [0, 0.05) is 23.7 Å². The van der Waals surface area contributed by atoms with E-state index in [9.17, 15) is 4.79 Å². The lowest BCUT2D eigenvalue weighted by atomic mass is 10.1. The van der Waals surface area contributed by atoms with Gasteiger partial charge in [-0.1, -0.05) is 24.3 Å². The van der Waals surface area contributed by atoms with Gasteiger partial charge in [-0.3, -0.25) is 4.79 Å². The van der Waals surface area contributed by atoms with E-state index in [2.05, 4.69) is 24.1 Å². The molecule has 0 spiro atoms. The standard InChI is InChI=1S/C16H19NO/c1-4-5-6-10-17-11-15(13(3)18)14-9-7-8-12(2)16(14)17/h4,7-9,11H,1,5-6,10H2,2-3H3. The third-order valence-electron chi connectivity index (χ3n) is 3.29. The van der Waals surface area contributed by atoms with E-state index in [0.717, 1.165) is 30.3 Å². The summed E-state index contributed by atoms with van der Waals surface area (Å²) in [7, 11) is 0. The average molecular weight is 241 g/mol. The molecular weight excluding hydrogens is 222 g/mol. The number of unbranched alkanes of at least 4 members (excludes halogenated alkanes) is 1. The molecule has 0 amide bonds. The van der Waals surface area contributed by atoms with Gasteiger partial charge >= 0.3 is 0 Å². The van der Waals surface area contributed by atoms with Gasteiger partial charge in [0.05, 0.1) is 5.52 Å². The second kappa shape index (κ2) is 5.21. The van der Waals surface area contributed by atoms with Crippen molar-refractivity contribution in [2.24, 2.45) is 0 Å². The van der Waals surface area contributed by atoms with E-state index >= 15 is 0 Å². The van der Waals surface area contributed by atoms with Gasteiger partial charge in [-0.25, -0.2) is 0 Å². The first kappa shape index (κ1) is 12.6. The van der Waals surface area contributed by atoms with Crippen LogP contribution >= 0.6 is 0 Å². The fourth-order valence-electron chi connectivity index (χ4n) is 2.41. The van der Waals surface area contributed by atoms with E-state index in [-0.39, 0.29) is 5.78 Å². The molecule has 0 aliphatic heterocycles. The predicted molar refractivity (Wildman–Crippen MR) is 76.1 cm³/mol. The third-order valence-corrected chi connectivity index (χ3v) is 3.29. The highest BCUT2D eigenvalue weighted by Gasteiger charge is 2.12. The lowest BCUT2D eigenvalue weighted by Gasteiger charge is -2.06. The minimum Gasteiger partial charge on any atom is -0.347 e. The molecule has 0 fully saturated rings. The SMILES string of the molecule is C=CCCCn1cc(C(C)=O)c2cccc(C)c21. The summed E-state index contributed by atoms with van der Waals surface area (Å²) in [5, 5.41) is 1.07. The highest BCUT2D eigenvalue weighted by Crippen LogP contribution is 2.25. The molecule has 2 rings (SSSR count).